The minimum Gasteiger partial charge on any atom is -0.483 e. The van der Waals surface area contributed by atoms with Crippen molar-refractivity contribution in [1.29, 1.82) is 0 Å². The Morgan fingerprint density at radius 2 is 1.86 bits per heavy atom. The molecule has 2 aromatic rings. The molecule has 1 saturated heterocycles. The maximum absolute atomic E-state index is 14.8. The van der Waals surface area contributed by atoms with E-state index < -0.39 is 73.3 Å². The number of fused-ring (bicyclic) bond motifs is 5. The zero-order chi connectivity index (χ0) is 39.7. The second-order valence-corrected chi connectivity index (χ2v) is 18.9. The highest BCUT2D eigenvalue weighted by atomic mass is 32.2. The van der Waals surface area contributed by atoms with Crippen LogP contribution < -0.4 is 24.8 Å². The third-order valence-corrected chi connectivity index (χ3v) is 14.5. The summed E-state index contributed by atoms with van der Waals surface area (Å²) in [7, 11) is -2.53. The molecule has 5 unspecified atom stereocenters. The number of amides is 4. The van der Waals surface area contributed by atoms with Gasteiger partial charge in [0.2, 0.25) is 27.7 Å². The van der Waals surface area contributed by atoms with Crippen LogP contribution in [0.5, 0.6) is 11.6 Å². The molecule has 3 aliphatic carbocycles. The standard InChI is InChI=1S/C40H48N6O9S/c1-24-32-26(31-27(41-24)12-13-30(43-31)53-4)15-16-39(54-32)22-29-33(47)44-40(35(49)45-56(51,52)38(3)20-21-38)17-14-25(40)10-8-6-5-7-9-11-28(34(48)46(29)23-39)42-36(50)55-37(2)18-19-37/h8,10,12-13,25,28-29H,5-7,9,11,15-16,18-23H2,1-4H3,(H,42,50)(H,44,47)(H,45,49). The largest absolute Gasteiger partial charge is 0.483 e. The highest BCUT2D eigenvalue weighted by Crippen LogP contribution is 2.46. The number of alkyl carbamates (subject to hydrolysis) is 1. The molecule has 3 N–H and O–H groups in total. The van der Waals surface area contributed by atoms with Crippen molar-refractivity contribution in [2.75, 3.05) is 13.7 Å². The van der Waals surface area contributed by atoms with E-state index in [1.807, 2.05) is 26.0 Å². The van der Waals surface area contributed by atoms with Gasteiger partial charge in [0, 0.05) is 18.1 Å². The fourth-order valence-electron chi connectivity index (χ4n) is 8.13. The van der Waals surface area contributed by atoms with E-state index in [-0.39, 0.29) is 13.0 Å². The van der Waals surface area contributed by atoms with Crippen LogP contribution in [0.25, 0.3) is 11.0 Å². The first-order chi connectivity index (χ1) is 26.6. The monoisotopic (exact) mass is 788 g/mol. The van der Waals surface area contributed by atoms with Gasteiger partial charge < -0.3 is 29.7 Å². The number of hydrogen-bond acceptors (Lipinski definition) is 11. The molecule has 0 bridgehead atoms. The van der Waals surface area contributed by atoms with Crippen molar-refractivity contribution in [3.8, 4) is 23.5 Å². The van der Waals surface area contributed by atoms with E-state index in [0.717, 1.165) is 31.2 Å². The summed E-state index contributed by atoms with van der Waals surface area (Å²) in [4.78, 5) is 67.6. The molecule has 6 aliphatic rings. The van der Waals surface area contributed by atoms with Crippen molar-refractivity contribution in [2.24, 2.45) is 5.92 Å². The normalized spacial score (nSPS) is 30.0. The van der Waals surface area contributed by atoms with E-state index >= 15 is 0 Å². The van der Waals surface area contributed by atoms with Crippen molar-refractivity contribution < 1.29 is 41.8 Å². The Hall–Kier alpha value is -4.91. The maximum atomic E-state index is 14.8. The minimum atomic E-state index is -4.07. The summed E-state index contributed by atoms with van der Waals surface area (Å²) in [5.74, 6) is 3.76. The number of allylic oxidation sites excluding steroid dienone is 1. The van der Waals surface area contributed by atoms with Gasteiger partial charge in [-0.2, -0.15) is 0 Å². The first-order valence-electron chi connectivity index (χ1n) is 19.5. The Morgan fingerprint density at radius 1 is 1.07 bits per heavy atom. The fourth-order valence-corrected chi connectivity index (χ4v) is 9.42. The smallest absolute Gasteiger partial charge is 0.408 e. The zero-order valence-electron chi connectivity index (χ0n) is 32.2. The van der Waals surface area contributed by atoms with Crippen molar-refractivity contribution in [2.45, 2.75) is 131 Å². The Kier molecular flexibility index (Phi) is 9.25. The molecule has 2 aromatic heterocycles. The highest BCUT2D eigenvalue weighted by Gasteiger charge is 2.58. The van der Waals surface area contributed by atoms with Gasteiger partial charge in [-0.05, 0) is 84.6 Å². The summed E-state index contributed by atoms with van der Waals surface area (Å²) in [6, 6.07) is 1.40. The summed E-state index contributed by atoms with van der Waals surface area (Å²) < 4.78 is 45.6. The number of sulfonamides is 1. The quantitative estimate of drug-likeness (QED) is 0.287. The van der Waals surface area contributed by atoms with Crippen LogP contribution in [-0.4, -0.2) is 94.3 Å². The summed E-state index contributed by atoms with van der Waals surface area (Å²) >= 11 is 0. The van der Waals surface area contributed by atoms with Gasteiger partial charge in [0.25, 0.3) is 5.91 Å². The first-order valence-corrected chi connectivity index (χ1v) is 21.0. The Bertz CT molecular complexity index is 2220. The van der Waals surface area contributed by atoms with Crippen LogP contribution in [-0.2, 0) is 35.6 Å². The molecule has 8 rings (SSSR count). The number of nitrogens with one attached hydrogen (secondary N) is 3. The first kappa shape index (κ1) is 38.0. The number of pyridine rings is 2. The highest BCUT2D eigenvalue weighted by molar-refractivity contribution is 7.91. The maximum Gasteiger partial charge on any atom is 0.408 e. The molecule has 5 heterocycles. The lowest BCUT2D eigenvalue weighted by molar-refractivity contribution is -0.142. The average Bonchev–Trinajstić information content (AvgIpc) is 4.06. The third kappa shape index (κ3) is 6.81. The van der Waals surface area contributed by atoms with Gasteiger partial charge in [-0.15, -0.1) is 0 Å². The lowest BCUT2D eigenvalue weighted by Crippen LogP contribution is -2.68. The molecule has 2 saturated carbocycles. The number of rotatable bonds is 6. The Balaban J connectivity index is 1.15. The van der Waals surface area contributed by atoms with Gasteiger partial charge in [0.15, 0.2) is 5.54 Å². The van der Waals surface area contributed by atoms with Crippen molar-refractivity contribution in [3.05, 3.63) is 35.5 Å². The van der Waals surface area contributed by atoms with Crippen molar-refractivity contribution in [1.82, 2.24) is 30.2 Å². The predicted octanol–water partition coefficient (Wildman–Crippen LogP) is 3.27. The van der Waals surface area contributed by atoms with Crippen LogP contribution in [0, 0.1) is 24.7 Å². The number of hydrogen-bond donors (Lipinski definition) is 3. The molecule has 5 atom stereocenters. The van der Waals surface area contributed by atoms with Crippen LogP contribution >= 0.6 is 0 Å². The summed E-state index contributed by atoms with van der Waals surface area (Å²) in [6.45, 7) is 5.24. The van der Waals surface area contributed by atoms with Gasteiger partial charge in [0.1, 0.15) is 29.0 Å². The molecular weight excluding hydrogens is 741 g/mol. The van der Waals surface area contributed by atoms with Gasteiger partial charge in [-0.3, -0.25) is 14.4 Å². The number of nitrogens with zero attached hydrogens (tertiary/aromatic N) is 3. The van der Waals surface area contributed by atoms with E-state index in [4.69, 9.17) is 19.2 Å². The fraction of sp³-hybridized carbons (Fsp3) is 0.600. The zero-order valence-corrected chi connectivity index (χ0v) is 33.0. The van der Waals surface area contributed by atoms with E-state index in [2.05, 4.69) is 32.2 Å². The number of aryl methyl sites for hydroxylation is 2. The van der Waals surface area contributed by atoms with Crippen molar-refractivity contribution >= 4 is 44.9 Å². The summed E-state index contributed by atoms with van der Waals surface area (Å²) in [5, 5.41) is 5.64. The third-order valence-electron chi connectivity index (χ3n) is 12.3. The second kappa shape index (κ2) is 13.6. The van der Waals surface area contributed by atoms with Crippen LogP contribution in [0.4, 0.5) is 4.79 Å². The van der Waals surface area contributed by atoms with E-state index in [9.17, 15) is 27.6 Å². The van der Waals surface area contributed by atoms with Crippen LogP contribution in [0.15, 0.2) is 24.3 Å². The average molecular weight is 789 g/mol. The number of carbonyl (C=O) groups excluding carboxylic acids is 4. The summed E-state index contributed by atoms with van der Waals surface area (Å²) in [5.41, 5.74) is -0.740. The molecule has 56 heavy (non-hydrogen) atoms. The van der Waals surface area contributed by atoms with E-state index in [1.165, 1.54) is 12.0 Å². The minimum absolute atomic E-state index is 0.00173. The molecule has 3 aliphatic heterocycles. The molecule has 4 amide bonds. The molecule has 3 fully saturated rings. The van der Waals surface area contributed by atoms with Crippen LogP contribution in [0.3, 0.4) is 0 Å². The number of methoxy groups -OCH3 is 1. The molecular formula is C40H48N6O9S. The number of aromatic nitrogens is 2. The Morgan fingerprint density at radius 3 is 2.55 bits per heavy atom. The SMILES string of the molecule is COc1ccc2nc(C)c3c(c2n1)CCC1(CC2C(=O)NC4(C(=O)NS(=O)(=O)C5(C)CC5)C#CC4C=CCCCCCC(NC(=O)OC4(C)CC4)C(=O)N2C1)O3. The number of ether oxygens (including phenoxy) is 3. The van der Waals surface area contributed by atoms with Gasteiger partial charge in [-0.25, -0.2) is 27.9 Å². The van der Waals surface area contributed by atoms with Crippen molar-refractivity contribution in [3.63, 3.8) is 0 Å². The lowest BCUT2D eigenvalue weighted by atomic mass is 9.75. The molecule has 298 valence electrons. The second-order valence-electron chi connectivity index (χ2n) is 16.7. The summed E-state index contributed by atoms with van der Waals surface area (Å²) in [6.07, 6.45) is 9.21. The molecule has 0 radical (unpaired) electrons. The number of carbonyl (C=O) groups is 4. The molecule has 1 spiro atoms. The lowest BCUT2D eigenvalue weighted by Gasteiger charge is -2.38. The molecule has 0 aromatic carbocycles. The molecule has 16 heteroatoms. The predicted molar refractivity (Wildman–Crippen MR) is 203 cm³/mol. The van der Waals surface area contributed by atoms with Gasteiger partial charge >= 0.3 is 6.09 Å². The van der Waals surface area contributed by atoms with Crippen LogP contribution in [0.1, 0.15) is 95.7 Å². The molecule has 15 nitrogen and oxygen atoms in total. The van der Waals surface area contributed by atoms with Gasteiger partial charge in [-0.1, -0.05) is 36.8 Å². The Labute approximate surface area is 326 Å². The van der Waals surface area contributed by atoms with E-state index in [0.29, 0.717) is 73.3 Å². The van der Waals surface area contributed by atoms with Crippen LogP contribution in [0.2, 0.25) is 0 Å². The van der Waals surface area contributed by atoms with E-state index in [1.54, 1.807) is 19.1 Å². The topological polar surface area (TPSA) is 195 Å². The van der Waals surface area contributed by atoms with Gasteiger partial charge in [0.05, 0.1) is 41.0 Å².